The molecule has 0 amide bonds. The first kappa shape index (κ1) is 17.2. The summed E-state index contributed by atoms with van der Waals surface area (Å²) < 4.78 is 20.1. The molecule has 0 spiro atoms. The molecule has 1 aliphatic rings. The first-order valence-electron chi connectivity index (χ1n) is 8.23. The van der Waals surface area contributed by atoms with Gasteiger partial charge in [-0.3, -0.25) is 4.90 Å². The molecule has 0 aliphatic carbocycles. The highest BCUT2D eigenvalue weighted by Crippen LogP contribution is 2.37. The van der Waals surface area contributed by atoms with Gasteiger partial charge < -0.3 is 10.1 Å². The number of hydrogen-bond acceptors (Lipinski definition) is 3. The zero-order valence-electron chi connectivity index (χ0n) is 13.8. The van der Waals surface area contributed by atoms with Crippen LogP contribution in [0.4, 0.5) is 4.39 Å². The normalized spacial score (nSPS) is 17.3. The van der Waals surface area contributed by atoms with E-state index < -0.39 is 0 Å². The third-order valence-corrected chi connectivity index (χ3v) is 4.66. The molecule has 1 heterocycles. The van der Waals surface area contributed by atoms with E-state index in [9.17, 15) is 4.39 Å². The van der Waals surface area contributed by atoms with E-state index in [1.165, 1.54) is 6.07 Å². The van der Waals surface area contributed by atoms with Crippen LogP contribution in [-0.2, 0) is 0 Å². The molecule has 1 atom stereocenters. The molecule has 1 saturated heterocycles. The smallest absolute Gasteiger partial charge is 0.128 e. The average Bonchev–Trinajstić information content (AvgIpc) is 2.86. The van der Waals surface area contributed by atoms with Crippen LogP contribution in [-0.4, -0.2) is 38.2 Å². The second-order valence-electron chi connectivity index (χ2n) is 5.95. The summed E-state index contributed by atoms with van der Waals surface area (Å²) in [5, 5.41) is 4.02. The molecule has 24 heavy (non-hydrogen) atoms. The van der Waals surface area contributed by atoms with E-state index in [2.05, 4.69) is 10.2 Å². The van der Waals surface area contributed by atoms with Gasteiger partial charge in [0.2, 0.25) is 0 Å². The Hall–Kier alpha value is -1.62. The van der Waals surface area contributed by atoms with Crippen LogP contribution >= 0.6 is 11.6 Å². The zero-order valence-corrected chi connectivity index (χ0v) is 14.5. The fourth-order valence-corrected chi connectivity index (χ4v) is 3.48. The quantitative estimate of drug-likeness (QED) is 0.907. The van der Waals surface area contributed by atoms with Crippen molar-refractivity contribution in [2.45, 2.75) is 12.5 Å². The second kappa shape index (κ2) is 7.97. The summed E-state index contributed by atoms with van der Waals surface area (Å²) in [6, 6.07) is 12.3. The molecule has 5 heteroatoms. The van der Waals surface area contributed by atoms with E-state index in [4.69, 9.17) is 16.3 Å². The Kier molecular flexibility index (Phi) is 5.72. The molecular weight excluding hydrogens is 327 g/mol. The summed E-state index contributed by atoms with van der Waals surface area (Å²) in [6.07, 6.45) is 1.02. The van der Waals surface area contributed by atoms with Crippen molar-refractivity contribution in [1.82, 2.24) is 10.2 Å². The number of benzene rings is 2. The molecule has 2 aromatic carbocycles. The summed E-state index contributed by atoms with van der Waals surface area (Å²) >= 11 is 6.24. The molecule has 2 aromatic rings. The van der Waals surface area contributed by atoms with E-state index in [-0.39, 0.29) is 11.9 Å². The number of rotatable bonds is 4. The van der Waals surface area contributed by atoms with Gasteiger partial charge in [0.25, 0.3) is 0 Å². The van der Waals surface area contributed by atoms with Crippen molar-refractivity contribution in [3.05, 3.63) is 64.4 Å². The molecule has 3 nitrogen and oxygen atoms in total. The van der Waals surface area contributed by atoms with Crippen LogP contribution in [0, 0.1) is 5.82 Å². The average molecular weight is 349 g/mol. The molecule has 0 radical (unpaired) electrons. The van der Waals surface area contributed by atoms with Crippen LogP contribution < -0.4 is 10.1 Å². The van der Waals surface area contributed by atoms with Crippen LogP contribution in [0.1, 0.15) is 23.6 Å². The fraction of sp³-hybridized carbons (Fsp3) is 0.368. The molecule has 1 aliphatic heterocycles. The van der Waals surface area contributed by atoms with Crippen molar-refractivity contribution in [3.8, 4) is 5.75 Å². The van der Waals surface area contributed by atoms with Gasteiger partial charge in [0.05, 0.1) is 13.2 Å². The lowest BCUT2D eigenvalue weighted by Crippen LogP contribution is -2.33. The molecule has 1 unspecified atom stereocenters. The van der Waals surface area contributed by atoms with Gasteiger partial charge in [-0.15, -0.1) is 0 Å². The van der Waals surface area contributed by atoms with E-state index in [0.717, 1.165) is 43.9 Å². The van der Waals surface area contributed by atoms with Gasteiger partial charge in [-0.1, -0.05) is 29.8 Å². The minimum absolute atomic E-state index is 0.207. The first-order valence-corrected chi connectivity index (χ1v) is 8.61. The van der Waals surface area contributed by atoms with E-state index in [0.29, 0.717) is 10.6 Å². The summed E-state index contributed by atoms with van der Waals surface area (Å²) in [7, 11) is 1.63. The van der Waals surface area contributed by atoms with Gasteiger partial charge in [0.15, 0.2) is 0 Å². The predicted octanol–water partition coefficient (Wildman–Crippen LogP) is 3.87. The van der Waals surface area contributed by atoms with Crippen molar-refractivity contribution in [1.29, 1.82) is 0 Å². The second-order valence-corrected chi connectivity index (χ2v) is 6.39. The molecule has 3 rings (SSSR count). The summed E-state index contributed by atoms with van der Waals surface area (Å²) in [5.74, 6) is 0.520. The van der Waals surface area contributed by atoms with Crippen molar-refractivity contribution in [3.63, 3.8) is 0 Å². The Balaban J connectivity index is 2.11. The minimum Gasteiger partial charge on any atom is -0.496 e. The summed E-state index contributed by atoms with van der Waals surface area (Å²) in [5.41, 5.74) is 1.55. The lowest BCUT2D eigenvalue weighted by Gasteiger charge is -2.32. The van der Waals surface area contributed by atoms with Crippen molar-refractivity contribution in [2.75, 3.05) is 33.3 Å². The maximum Gasteiger partial charge on any atom is 0.128 e. The lowest BCUT2D eigenvalue weighted by molar-refractivity contribution is 0.232. The van der Waals surface area contributed by atoms with Crippen LogP contribution in [0.3, 0.4) is 0 Å². The van der Waals surface area contributed by atoms with Crippen molar-refractivity contribution in [2.24, 2.45) is 0 Å². The Bertz CT molecular complexity index is 687. The number of methoxy groups -OCH3 is 1. The highest BCUT2D eigenvalue weighted by atomic mass is 35.5. The Labute approximate surface area is 147 Å². The molecule has 0 aromatic heterocycles. The van der Waals surface area contributed by atoms with E-state index >= 15 is 0 Å². The van der Waals surface area contributed by atoms with Crippen molar-refractivity contribution >= 4 is 11.6 Å². The predicted molar refractivity (Wildman–Crippen MR) is 95.3 cm³/mol. The number of halogens is 2. The van der Waals surface area contributed by atoms with Gasteiger partial charge in [0, 0.05) is 35.8 Å². The third-order valence-electron chi connectivity index (χ3n) is 4.43. The molecule has 128 valence electrons. The molecule has 1 fully saturated rings. The molecule has 1 N–H and O–H groups in total. The van der Waals surface area contributed by atoms with Crippen LogP contribution in [0.15, 0.2) is 42.5 Å². The number of nitrogens with zero attached hydrogens (tertiary/aromatic N) is 1. The lowest BCUT2D eigenvalue weighted by atomic mass is 9.95. The van der Waals surface area contributed by atoms with Crippen molar-refractivity contribution < 1.29 is 9.13 Å². The third kappa shape index (κ3) is 3.72. The number of hydrogen-bond donors (Lipinski definition) is 1. The van der Waals surface area contributed by atoms with Gasteiger partial charge in [-0.2, -0.15) is 0 Å². The molecular formula is C19H22ClFN2O. The van der Waals surface area contributed by atoms with E-state index in [1.807, 2.05) is 24.3 Å². The summed E-state index contributed by atoms with van der Waals surface area (Å²) in [6.45, 7) is 3.59. The first-order chi connectivity index (χ1) is 11.7. The maximum atomic E-state index is 14.6. The fourth-order valence-electron chi connectivity index (χ4n) is 3.30. The van der Waals surface area contributed by atoms with Crippen LogP contribution in [0.5, 0.6) is 5.75 Å². The van der Waals surface area contributed by atoms with E-state index in [1.54, 1.807) is 19.2 Å². The van der Waals surface area contributed by atoms with Crippen LogP contribution in [0.2, 0.25) is 5.02 Å². The molecule has 0 bridgehead atoms. The monoisotopic (exact) mass is 348 g/mol. The zero-order chi connectivity index (χ0) is 16.9. The highest BCUT2D eigenvalue weighted by Gasteiger charge is 2.28. The van der Waals surface area contributed by atoms with Gasteiger partial charge in [-0.25, -0.2) is 4.39 Å². The standard InChI is InChI=1S/C19H22ClFN2O/c1-24-18-8-7-14(20)13-16(18)19(15-5-2-3-6-17(15)21)23-11-4-9-22-10-12-23/h2-3,5-8,13,19,22H,4,9-12H2,1H3. The topological polar surface area (TPSA) is 24.5 Å². The Morgan fingerprint density at radius 3 is 2.75 bits per heavy atom. The minimum atomic E-state index is -0.222. The largest absolute Gasteiger partial charge is 0.496 e. The highest BCUT2D eigenvalue weighted by molar-refractivity contribution is 6.30. The van der Waals surface area contributed by atoms with Crippen LogP contribution in [0.25, 0.3) is 0 Å². The molecule has 0 saturated carbocycles. The SMILES string of the molecule is COc1ccc(Cl)cc1C(c1ccccc1F)N1CCCNCC1. The van der Waals surface area contributed by atoms with Gasteiger partial charge in [0.1, 0.15) is 11.6 Å². The maximum absolute atomic E-state index is 14.6. The summed E-state index contributed by atoms with van der Waals surface area (Å²) in [4.78, 5) is 2.30. The Morgan fingerprint density at radius 2 is 1.96 bits per heavy atom. The van der Waals surface area contributed by atoms with Gasteiger partial charge in [-0.05, 0) is 37.2 Å². The number of ether oxygens (including phenoxy) is 1. The number of nitrogens with one attached hydrogen (secondary N) is 1. The Morgan fingerprint density at radius 1 is 1.12 bits per heavy atom. The van der Waals surface area contributed by atoms with Gasteiger partial charge >= 0.3 is 0 Å².